The molecule has 60 valence electrons. The highest BCUT2D eigenvalue weighted by atomic mass is 32.1. The van der Waals surface area contributed by atoms with E-state index in [0.29, 0.717) is 4.88 Å². The number of hydrogen-bond acceptors (Lipinski definition) is 3. The maximum atomic E-state index is 10.9. The molecule has 0 fully saturated rings. The van der Waals surface area contributed by atoms with Crippen molar-refractivity contribution in [3.8, 4) is 0 Å². The first-order valence-corrected chi connectivity index (χ1v) is 4.20. The standard InChI is InChI=1S/C8H10O2S/c1-6(9)8(2,10)7-4-3-5-11-7/h3-5,10H,1-2H3. The van der Waals surface area contributed by atoms with Crippen LogP contribution in [-0.4, -0.2) is 10.9 Å². The largest absolute Gasteiger partial charge is 0.377 e. The molecule has 1 aromatic heterocycles. The summed E-state index contributed by atoms with van der Waals surface area (Å²) in [5.74, 6) is -0.222. The fourth-order valence-electron chi connectivity index (χ4n) is 0.729. The van der Waals surface area contributed by atoms with Crippen LogP contribution in [-0.2, 0) is 10.4 Å². The van der Waals surface area contributed by atoms with Crippen molar-refractivity contribution in [2.75, 3.05) is 0 Å². The van der Waals surface area contributed by atoms with E-state index in [0.717, 1.165) is 0 Å². The van der Waals surface area contributed by atoms with Gasteiger partial charge in [0.05, 0.1) is 0 Å². The highest BCUT2D eigenvalue weighted by molar-refractivity contribution is 7.10. The molecule has 1 atom stereocenters. The normalized spacial score (nSPS) is 15.9. The Balaban J connectivity index is 3.00. The average Bonchev–Trinajstić information content (AvgIpc) is 2.37. The third-order valence-corrected chi connectivity index (χ3v) is 2.77. The van der Waals surface area contributed by atoms with Crippen LogP contribution in [0.15, 0.2) is 17.5 Å². The molecular weight excluding hydrogens is 160 g/mol. The zero-order chi connectivity index (χ0) is 8.48. The number of hydrogen-bond donors (Lipinski definition) is 1. The Morgan fingerprint density at radius 1 is 1.73 bits per heavy atom. The Labute approximate surface area is 69.5 Å². The van der Waals surface area contributed by atoms with Gasteiger partial charge in [-0.25, -0.2) is 0 Å². The summed E-state index contributed by atoms with van der Waals surface area (Å²) in [7, 11) is 0. The molecule has 1 aromatic rings. The highest BCUT2D eigenvalue weighted by Crippen LogP contribution is 2.25. The molecule has 1 N–H and O–H groups in total. The van der Waals surface area contributed by atoms with E-state index in [9.17, 15) is 9.90 Å². The number of carbonyl (C=O) groups excluding carboxylic acids is 1. The van der Waals surface area contributed by atoms with Gasteiger partial charge in [-0.05, 0) is 25.3 Å². The summed E-state index contributed by atoms with van der Waals surface area (Å²) in [4.78, 5) is 11.6. The lowest BCUT2D eigenvalue weighted by molar-refractivity contribution is -0.133. The highest BCUT2D eigenvalue weighted by Gasteiger charge is 2.29. The zero-order valence-electron chi connectivity index (χ0n) is 6.50. The van der Waals surface area contributed by atoms with Gasteiger partial charge >= 0.3 is 0 Å². The Morgan fingerprint density at radius 2 is 2.36 bits per heavy atom. The monoisotopic (exact) mass is 170 g/mol. The van der Waals surface area contributed by atoms with Gasteiger partial charge in [-0.3, -0.25) is 4.79 Å². The number of thiophene rings is 1. The molecule has 1 unspecified atom stereocenters. The van der Waals surface area contributed by atoms with Crippen LogP contribution in [0.3, 0.4) is 0 Å². The summed E-state index contributed by atoms with van der Waals surface area (Å²) in [6.45, 7) is 2.90. The predicted molar refractivity (Wildman–Crippen MR) is 44.6 cm³/mol. The van der Waals surface area contributed by atoms with Gasteiger partial charge < -0.3 is 5.11 Å². The second-order valence-corrected chi connectivity index (χ2v) is 3.55. The smallest absolute Gasteiger partial charge is 0.166 e. The fraction of sp³-hybridized carbons (Fsp3) is 0.375. The first-order valence-electron chi connectivity index (χ1n) is 3.32. The van der Waals surface area contributed by atoms with Gasteiger partial charge in [-0.15, -0.1) is 11.3 Å². The molecule has 0 radical (unpaired) electrons. The Hall–Kier alpha value is -0.670. The Kier molecular flexibility index (Phi) is 2.11. The molecule has 11 heavy (non-hydrogen) atoms. The van der Waals surface area contributed by atoms with E-state index in [2.05, 4.69) is 0 Å². The van der Waals surface area contributed by atoms with E-state index in [1.165, 1.54) is 25.2 Å². The molecule has 0 aliphatic rings. The van der Waals surface area contributed by atoms with Crippen molar-refractivity contribution >= 4 is 17.1 Å². The fourth-order valence-corrected chi connectivity index (χ4v) is 1.56. The lowest BCUT2D eigenvalue weighted by atomic mass is 10.0. The molecular formula is C8H10O2S. The number of aliphatic hydroxyl groups is 1. The molecule has 0 aliphatic carbocycles. The minimum absolute atomic E-state index is 0.222. The van der Waals surface area contributed by atoms with E-state index < -0.39 is 5.60 Å². The van der Waals surface area contributed by atoms with Crippen molar-refractivity contribution in [2.24, 2.45) is 0 Å². The SMILES string of the molecule is CC(=O)C(C)(O)c1cccs1. The summed E-state index contributed by atoms with van der Waals surface area (Å²) in [6, 6.07) is 3.57. The maximum absolute atomic E-state index is 10.9. The molecule has 1 rings (SSSR count). The van der Waals surface area contributed by atoms with Crippen molar-refractivity contribution in [1.29, 1.82) is 0 Å². The molecule has 0 saturated heterocycles. The zero-order valence-corrected chi connectivity index (χ0v) is 7.31. The maximum Gasteiger partial charge on any atom is 0.166 e. The lowest BCUT2D eigenvalue weighted by Crippen LogP contribution is -2.28. The van der Waals surface area contributed by atoms with Crippen molar-refractivity contribution in [1.82, 2.24) is 0 Å². The minimum Gasteiger partial charge on any atom is -0.377 e. The number of carbonyl (C=O) groups is 1. The van der Waals surface area contributed by atoms with Crippen molar-refractivity contribution in [2.45, 2.75) is 19.4 Å². The van der Waals surface area contributed by atoms with Crippen LogP contribution >= 0.6 is 11.3 Å². The molecule has 3 heteroatoms. The van der Waals surface area contributed by atoms with Gasteiger partial charge in [0.2, 0.25) is 0 Å². The van der Waals surface area contributed by atoms with Gasteiger partial charge in [0.15, 0.2) is 11.4 Å². The second kappa shape index (κ2) is 2.75. The number of ketones is 1. The third-order valence-electron chi connectivity index (χ3n) is 1.69. The summed E-state index contributed by atoms with van der Waals surface area (Å²) >= 11 is 1.39. The van der Waals surface area contributed by atoms with E-state index in [1.807, 2.05) is 11.4 Å². The van der Waals surface area contributed by atoms with E-state index in [-0.39, 0.29) is 5.78 Å². The summed E-state index contributed by atoms with van der Waals surface area (Å²) in [5, 5.41) is 11.5. The molecule has 0 bridgehead atoms. The van der Waals surface area contributed by atoms with E-state index in [1.54, 1.807) is 6.07 Å². The van der Waals surface area contributed by atoms with Crippen LogP contribution < -0.4 is 0 Å². The van der Waals surface area contributed by atoms with E-state index in [4.69, 9.17) is 0 Å². The summed E-state index contributed by atoms with van der Waals surface area (Å²) in [6.07, 6.45) is 0. The predicted octanol–water partition coefficient (Wildman–Crippen LogP) is 1.54. The molecule has 0 saturated carbocycles. The Bertz CT molecular complexity index is 249. The average molecular weight is 170 g/mol. The van der Waals surface area contributed by atoms with Crippen molar-refractivity contribution < 1.29 is 9.90 Å². The quantitative estimate of drug-likeness (QED) is 0.731. The van der Waals surface area contributed by atoms with Crippen LogP contribution in [0.25, 0.3) is 0 Å². The van der Waals surface area contributed by atoms with Crippen LogP contribution in [0.4, 0.5) is 0 Å². The first kappa shape index (κ1) is 8.43. The molecule has 0 spiro atoms. The topological polar surface area (TPSA) is 37.3 Å². The lowest BCUT2D eigenvalue weighted by Gasteiger charge is -2.17. The van der Waals surface area contributed by atoms with E-state index >= 15 is 0 Å². The van der Waals surface area contributed by atoms with Crippen LogP contribution in [0, 0.1) is 0 Å². The van der Waals surface area contributed by atoms with Crippen LogP contribution in [0.2, 0.25) is 0 Å². The van der Waals surface area contributed by atoms with Gasteiger partial charge in [0.1, 0.15) is 0 Å². The van der Waals surface area contributed by atoms with Crippen LogP contribution in [0.1, 0.15) is 18.7 Å². The molecule has 0 aliphatic heterocycles. The Morgan fingerprint density at radius 3 is 2.73 bits per heavy atom. The van der Waals surface area contributed by atoms with Gasteiger partial charge in [0, 0.05) is 4.88 Å². The molecule has 2 nitrogen and oxygen atoms in total. The summed E-state index contributed by atoms with van der Waals surface area (Å²) < 4.78 is 0. The van der Waals surface area contributed by atoms with Gasteiger partial charge in [0.25, 0.3) is 0 Å². The molecule has 0 aromatic carbocycles. The molecule has 1 heterocycles. The summed E-state index contributed by atoms with van der Waals surface area (Å²) in [5.41, 5.74) is -1.30. The number of Topliss-reactive ketones (excluding diaryl/α,β-unsaturated/α-hetero) is 1. The first-order chi connectivity index (χ1) is 5.05. The van der Waals surface area contributed by atoms with Crippen molar-refractivity contribution in [3.63, 3.8) is 0 Å². The van der Waals surface area contributed by atoms with Crippen LogP contribution in [0.5, 0.6) is 0 Å². The molecule has 0 amide bonds. The second-order valence-electron chi connectivity index (χ2n) is 2.61. The van der Waals surface area contributed by atoms with Crippen molar-refractivity contribution in [3.05, 3.63) is 22.4 Å². The third kappa shape index (κ3) is 1.49. The van der Waals surface area contributed by atoms with Gasteiger partial charge in [-0.1, -0.05) is 6.07 Å². The minimum atomic E-state index is -1.30. The van der Waals surface area contributed by atoms with Gasteiger partial charge in [-0.2, -0.15) is 0 Å². The number of rotatable bonds is 2.